The highest BCUT2D eigenvalue weighted by Crippen LogP contribution is 2.21. The van der Waals surface area contributed by atoms with Crippen LogP contribution in [0.15, 0.2) is 23.1 Å². The highest BCUT2D eigenvalue weighted by Gasteiger charge is 2.19. The lowest BCUT2D eigenvalue weighted by molar-refractivity contribution is -0.385. The number of ether oxygens (including phenoxy) is 1. The van der Waals surface area contributed by atoms with Crippen molar-refractivity contribution >= 4 is 15.7 Å². The third-order valence-corrected chi connectivity index (χ3v) is 4.22. The van der Waals surface area contributed by atoms with E-state index in [2.05, 4.69) is 10.0 Å². The predicted molar refractivity (Wildman–Crippen MR) is 77.8 cm³/mol. The maximum absolute atomic E-state index is 12.0. The van der Waals surface area contributed by atoms with Crippen molar-refractivity contribution in [3.05, 3.63) is 33.9 Å². The Morgan fingerprint density at radius 2 is 2.00 bits per heavy atom. The van der Waals surface area contributed by atoms with Gasteiger partial charge in [-0.3, -0.25) is 10.1 Å². The predicted octanol–water partition coefficient (Wildman–Crippen LogP) is 0.418. The molecule has 2 N–H and O–H groups in total. The fourth-order valence-electron chi connectivity index (χ4n) is 1.61. The van der Waals surface area contributed by atoms with Crippen molar-refractivity contribution in [2.24, 2.45) is 0 Å². The highest BCUT2D eigenvalue weighted by atomic mass is 32.2. The average molecular weight is 317 g/mol. The third-order valence-electron chi connectivity index (χ3n) is 2.76. The monoisotopic (exact) mass is 317 g/mol. The second kappa shape index (κ2) is 8.03. The molecule has 0 spiro atoms. The molecule has 0 aliphatic heterocycles. The Labute approximate surface area is 123 Å². The van der Waals surface area contributed by atoms with Crippen molar-refractivity contribution < 1.29 is 18.1 Å². The normalized spacial score (nSPS) is 11.5. The number of nitrogens with zero attached hydrogens (tertiary/aromatic N) is 1. The summed E-state index contributed by atoms with van der Waals surface area (Å²) in [6.07, 6.45) is 0. The maximum Gasteiger partial charge on any atom is 0.273 e. The average Bonchev–Trinajstić information content (AvgIpc) is 2.42. The summed E-state index contributed by atoms with van der Waals surface area (Å²) < 4.78 is 31.3. The van der Waals surface area contributed by atoms with Crippen molar-refractivity contribution in [1.82, 2.24) is 10.0 Å². The quantitative estimate of drug-likeness (QED) is 0.388. The van der Waals surface area contributed by atoms with Gasteiger partial charge in [0.25, 0.3) is 5.69 Å². The number of benzene rings is 1. The Bertz CT molecular complexity index is 589. The van der Waals surface area contributed by atoms with E-state index < -0.39 is 14.9 Å². The number of aryl methyl sites for hydroxylation is 1. The molecule has 1 rings (SSSR count). The fraction of sp³-hybridized carbons (Fsp3) is 0.500. The molecule has 1 aromatic rings. The minimum absolute atomic E-state index is 0.114. The minimum Gasteiger partial charge on any atom is -0.383 e. The van der Waals surface area contributed by atoms with E-state index >= 15 is 0 Å². The molecule has 0 saturated carbocycles. The number of nitro groups is 1. The Morgan fingerprint density at radius 3 is 2.62 bits per heavy atom. The van der Waals surface area contributed by atoms with E-state index in [1.165, 1.54) is 12.1 Å². The van der Waals surface area contributed by atoms with E-state index in [-0.39, 0.29) is 17.1 Å². The molecule has 8 nitrogen and oxygen atoms in total. The summed E-state index contributed by atoms with van der Waals surface area (Å²) in [6.45, 7) is 3.34. The first-order chi connectivity index (χ1) is 9.88. The smallest absolute Gasteiger partial charge is 0.273 e. The summed E-state index contributed by atoms with van der Waals surface area (Å²) >= 11 is 0. The number of hydrogen-bond donors (Lipinski definition) is 2. The number of sulfonamides is 1. The molecular weight excluding hydrogens is 298 g/mol. The SMILES string of the molecule is COCCNCCNS(=O)(=O)c1ccc(C)c([N+](=O)[O-])c1. The molecule has 1 aromatic carbocycles. The van der Waals surface area contributed by atoms with Crippen LogP contribution in [0.25, 0.3) is 0 Å². The number of hydrogen-bond acceptors (Lipinski definition) is 6. The summed E-state index contributed by atoms with van der Waals surface area (Å²) in [5, 5.41) is 13.8. The van der Waals surface area contributed by atoms with E-state index in [1.54, 1.807) is 14.0 Å². The molecule has 0 unspecified atom stereocenters. The molecule has 21 heavy (non-hydrogen) atoms. The van der Waals surface area contributed by atoms with Crippen LogP contribution >= 0.6 is 0 Å². The van der Waals surface area contributed by atoms with Crippen LogP contribution in [-0.2, 0) is 14.8 Å². The summed E-state index contributed by atoms with van der Waals surface area (Å²) in [5.74, 6) is 0. The molecule has 0 aliphatic rings. The molecule has 0 radical (unpaired) electrons. The van der Waals surface area contributed by atoms with Crippen LogP contribution in [0.3, 0.4) is 0 Å². The fourth-order valence-corrected chi connectivity index (χ4v) is 2.66. The van der Waals surface area contributed by atoms with Gasteiger partial charge < -0.3 is 10.1 Å². The molecule has 0 saturated heterocycles. The first kappa shape index (κ1) is 17.5. The standard InChI is InChI=1S/C12H19N3O5S/c1-10-3-4-11(9-12(10)15(16)17)21(18,19)14-6-5-13-7-8-20-2/h3-4,9,13-14H,5-8H2,1-2H3. The maximum atomic E-state index is 12.0. The summed E-state index contributed by atoms with van der Waals surface area (Å²) in [4.78, 5) is 10.1. The van der Waals surface area contributed by atoms with E-state index in [9.17, 15) is 18.5 Å². The lowest BCUT2D eigenvalue weighted by Gasteiger charge is -2.08. The van der Waals surface area contributed by atoms with Gasteiger partial charge >= 0.3 is 0 Å². The minimum atomic E-state index is -3.75. The molecular formula is C12H19N3O5S. The first-order valence-corrected chi connectivity index (χ1v) is 7.81. The summed E-state index contributed by atoms with van der Waals surface area (Å²) in [7, 11) is -2.17. The van der Waals surface area contributed by atoms with Crippen LogP contribution < -0.4 is 10.0 Å². The summed E-state index contributed by atoms with van der Waals surface area (Å²) in [6, 6.07) is 3.84. The molecule has 0 amide bonds. The zero-order valence-corrected chi connectivity index (χ0v) is 12.8. The molecule has 0 aliphatic carbocycles. The largest absolute Gasteiger partial charge is 0.383 e. The van der Waals surface area contributed by atoms with Gasteiger partial charge in [0.15, 0.2) is 0 Å². The van der Waals surface area contributed by atoms with Gasteiger partial charge in [-0.1, -0.05) is 6.07 Å². The van der Waals surface area contributed by atoms with Crippen LogP contribution in [0.2, 0.25) is 0 Å². The Kier molecular flexibility index (Phi) is 6.69. The van der Waals surface area contributed by atoms with Crippen LogP contribution in [0.5, 0.6) is 0 Å². The van der Waals surface area contributed by atoms with Crippen LogP contribution in [0, 0.1) is 17.0 Å². The van der Waals surface area contributed by atoms with Gasteiger partial charge in [0.05, 0.1) is 16.4 Å². The van der Waals surface area contributed by atoms with Gasteiger partial charge in [0.1, 0.15) is 0 Å². The number of nitro benzene ring substituents is 1. The van der Waals surface area contributed by atoms with Crippen molar-refractivity contribution in [3.63, 3.8) is 0 Å². The highest BCUT2D eigenvalue weighted by molar-refractivity contribution is 7.89. The second-order valence-corrected chi connectivity index (χ2v) is 6.11. The Hall–Kier alpha value is -1.55. The molecule has 0 bridgehead atoms. The van der Waals surface area contributed by atoms with E-state index in [0.717, 1.165) is 6.07 Å². The third kappa shape index (κ3) is 5.38. The second-order valence-electron chi connectivity index (χ2n) is 4.35. The van der Waals surface area contributed by atoms with Crippen molar-refractivity contribution in [2.75, 3.05) is 33.4 Å². The Morgan fingerprint density at radius 1 is 1.29 bits per heavy atom. The Balaban J connectivity index is 2.66. The molecule has 0 atom stereocenters. The van der Waals surface area contributed by atoms with Gasteiger partial charge in [-0.05, 0) is 13.0 Å². The van der Waals surface area contributed by atoms with E-state index in [4.69, 9.17) is 4.74 Å². The van der Waals surface area contributed by atoms with Gasteiger partial charge in [-0.2, -0.15) is 0 Å². The molecule has 0 fully saturated rings. The zero-order chi connectivity index (χ0) is 15.9. The number of nitrogens with one attached hydrogen (secondary N) is 2. The molecule has 0 heterocycles. The lowest BCUT2D eigenvalue weighted by Crippen LogP contribution is -2.33. The number of rotatable bonds is 9. The molecule has 0 aromatic heterocycles. The van der Waals surface area contributed by atoms with E-state index in [0.29, 0.717) is 25.3 Å². The van der Waals surface area contributed by atoms with Crippen molar-refractivity contribution in [3.8, 4) is 0 Å². The first-order valence-electron chi connectivity index (χ1n) is 6.33. The van der Waals surface area contributed by atoms with Crippen LogP contribution in [0.1, 0.15) is 5.56 Å². The van der Waals surface area contributed by atoms with E-state index in [1.807, 2.05) is 0 Å². The molecule has 118 valence electrons. The van der Waals surface area contributed by atoms with Crippen LogP contribution in [0.4, 0.5) is 5.69 Å². The zero-order valence-electron chi connectivity index (χ0n) is 12.0. The lowest BCUT2D eigenvalue weighted by atomic mass is 10.2. The van der Waals surface area contributed by atoms with Gasteiger partial charge in [0.2, 0.25) is 10.0 Å². The van der Waals surface area contributed by atoms with Crippen LogP contribution in [-0.4, -0.2) is 46.7 Å². The summed E-state index contributed by atoms with van der Waals surface area (Å²) in [5.41, 5.74) is 0.205. The van der Waals surface area contributed by atoms with Crippen molar-refractivity contribution in [1.29, 1.82) is 0 Å². The van der Waals surface area contributed by atoms with Crippen molar-refractivity contribution in [2.45, 2.75) is 11.8 Å². The van der Waals surface area contributed by atoms with Gasteiger partial charge in [0, 0.05) is 38.4 Å². The van der Waals surface area contributed by atoms with Gasteiger partial charge in [-0.25, -0.2) is 13.1 Å². The van der Waals surface area contributed by atoms with Gasteiger partial charge in [-0.15, -0.1) is 0 Å². The number of methoxy groups -OCH3 is 1. The topological polar surface area (TPSA) is 111 Å². The molecule has 9 heteroatoms.